The number of para-hydroxylation sites is 1. The standard InChI is InChI=1S/C20H20O5/c1-20(2)11-14-4-3-5-17(19(14)25-20)24-12-15(21)13-6-7-16-18(10-13)23-9-8-22-16/h3-7,10H,8-9,11-12H2,1-2H3. The molecule has 5 heteroatoms. The summed E-state index contributed by atoms with van der Waals surface area (Å²) >= 11 is 0. The maximum atomic E-state index is 12.5. The first kappa shape index (κ1) is 15.8. The van der Waals surface area contributed by atoms with Crippen molar-refractivity contribution in [2.45, 2.75) is 25.9 Å². The molecule has 130 valence electrons. The second-order valence-corrected chi connectivity index (χ2v) is 6.85. The first-order valence-electron chi connectivity index (χ1n) is 8.38. The fraction of sp³-hybridized carbons (Fsp3) is 0.350. The van der Waals surface area contributed by atoms with Gasteiger partial charge < -0.3 is 18.9 Å². The Morgan fingerprint density at radius 1 is 1.12 bits per heavy atom. The summed E-state index contributed by atoms with van der Waals surface area (Å²) in [5, 5.41) is 0. The molecule has 0 spiro atoms. The monoisotopic (exact) mass is 340 g/mol. The average molecular weight is 340 g/mol. The summed E-state index contributed by atoms with van der Waals surface area (Å²) < 4.78 is 22.7. The highest BCUT2D eigenvalue weighted by molar-refractivity contribution is 5.97. The zero-order valence-electron chi connectivity index (χ0n) is 14.3. The lowest BCUT2D eigenvalue weighted by atomic mass is 10.0. The Balaban J connectivity index is 1.48. The van der Waals surface area contributed by atoms with Crippen molar-refractivity contribution in [1.29, 1.82) is 0 Å². The van der Waals surface area contributed by atoms with Gasteiger partial charge in [-0.1, -0.05) is 12.1 Å². The third-order valence-electron chi connectivity index (χ3n) is 4.28. The number of rotatable bonds is 4. The van der Waals surface area contributed by atoms with Gasteiger partial charge in [0.25, 0.3) is 0 Å². The second kappa shape index (κ2) is 5.99. The van der Waals surface area contributed by atoms with Crippen LogP contribution >= 0.6 is 0 Å². The van der Waals surface area contributed by atoms with Gasteiger partial charge in [-0.15, -0.1) is 0 Å². The summed E-state index contributed by atoms with van der Waals surface area (Å²) in [6.45, 7) is 5.04. The molecule has 0 amide bonds. The van der Waals surface area contributed by atoms with E-state index in [1.165, 1.54) is 0 Å². The quantitative estimate of drug-likeness (QED) is 0.798. The van der Waals surface area contributed by atoms with E-state index in [1.54, 1.807) is 18.2 Å². The van der Waals surface area contributed by atoms with E-state index in [9.17, 15) is 4.79 Å². The number of hydrogen-bond donors (Lipinski definition) is 0. The van der Waals surface area contributed by atoms with Crippen molar-refractivity contribution in [3.05, 3.63) is 47.5 Å². The minimum Gasteiger partial charge on any atom is -0.486 e. The molecule has 0 aromatic heterocycles. The van der Waals surface area contributed by atoms with E-state index >= 15 is 0 Å². The summed E-state index contributed by atoms with van der Waals surface area (Å²) in [6.07, 6.45) is 0.829. The molecule has 0 radical (unpaired) electrons. The molecule has 2 aromatic rings. The number of ether oxygens (including phenoxy) is 4. The molecule has 2 aromatic carbocycles. The molecule has 0 saturated heterocycles. The van der Waals surface area contributed by atoms with Gasteiger partial charge in [-0.25, -0.2) is 0 Å². The van der Waals surface area contributed by atoms with Crippen molar-refractivity contribution in [3.63, 3.8) is 0 Å². The molecule has 0 atom stereocenters. The van der Waals surface area contributed by atoms with Crippen molar-refractivity contribution in [2.24, 2.45) is 0 Å². The van der Waals surface area contributed by atoms with Gasteiger partial charge in [0.1, 0.15) is 18.8 Å². The topological polar surface area (TPSA) is 54.0 Å². The van der Waals surface area contributed by atoms with Crippen LogP contribution in [0, 0.1) is 0 Å². The Bertz CT molecular complexity index is 825. The molecule has 4 rings (SSSR count). The molecule has 0 unspecified atom stereocenters. The molecular weight excluding hydrogens is 320 g/mol. The Kier molecular flexibility index (Phi) is 3.79. The smallest absolute Gasteiger partial charge is 0.200 e. The van der Waals surface area contributed by atoms with E-state index in [2.05, 4.69) is 0 Å². The molecule has 2 aliphatic rings. The van der Waals surface area contributed by atoms with Gasteiger partial charge >= 0.3 is 0 Å². The zero-order chi connectivity index (χ0) is 17.4. The molecule has 0 fully saturated rings. The van der Waals surface area contributed by atoms with Crippen LogP contribution < -0.4 is 18.9 Å². The molecule has 0 saturated carbocycles. The van der Waals surface area contributed by atoms with E-state index in [4.69, 9.17) is 18.9 Å². The van der Waals surface area contributed by atoms with Crippen LogP contribution in [-0.2, 0) is 6.42 Å². The van der Waals surface area contributed by atoms with Gasteiger partial charge in [0, 0.05) is 17.5 Å². The normalized spacial score (nSPS) is 16.7. The molecule has 2 heterocycles. The van der Waals surface area contributed by atoms with E-state index in [1.807, 2.05) is 32.0 Å². The molecule has 0 N–H and O–H groups in total. The summed E-state index contributed by atoms with van der Waals surface area (Å²) in [5.74, 6) is 2.49. The fourth-order valence-corrected chi connectivity index (χ4v) is 3.14. The maximum Gasteiger partial charge on any atom is 0.200 e. The highest BCUT2D eigenvalue weighted by Crippen LogP contribution is 2.41. The predicted molar refractivity (Wildman–Crippen MR) is 92.1 cm³/mol. The van der Waals surface area contributed by atoms with Crippen LogP contribution in [0.1, 0.15) is 29.8 Å². The van der Waals surface area contributed by atoms with Crippen molar-refractivity contribution in [1.82, 2.24) is 0 Å². The largest absolute Gasteiger partial charge is 0.486 e. The van der Waals surface area contributed by atoms with Crippen LogP contribution in [0.5, 0.6) is 23.0 Å². The Labute approximate surface area is 146 Å². The van der Waals surface area contributed by atoms with E-state index < -0.39 is 0 Å². The number of fused-ring (bicyclic) bond motifs is 2. The Morgan fingerprint density at radius 2 is 1.92 bits per heavy atom. The number of hydrogen-bond acceptors (Lipinski definition) is 5. The van der Waals surface area contributed by atoms with E-state index in [0.29, 0.717) is 36.0 Å². The predicted octanol–water partition coefficient (Wildman–Crippen LogP) is 3.43. The van der Waals surface area contributed by atoms with Crippen LogP contribution in [0.15, 0.2) is 36.4 Å². The molecule has 0 aliphatic carbocycles. The zero-order valence-corrected chi connectivity index (χ0v) is 14.3. The maximum absolute atomic E-state index is 12.5. The second-order valence-electron chi connectivity index (χ2n) is 6.85. The van der Waals surface area contributed by atoms with Crippen LogP contribution in [-0.4, -0.2) is 31.2 Å². The number of carbonyl (C=O) groups excluding carboxylic acids is 1. The van der Waals surface area contributed by atoms with Crippen LogP contribution in [0.4, 0.5) is 0 Å². The SMILES string of the molecule is CC1(C)Cc2cccc(OCC(=O)c3ccc4c(c3)OCCO4)c2O1. The molecule has 0 bridgehead atoms. The number of Topliss-reactive ketones (excluding diaryl/α,β-unsaturated/α-hetero) is 1. The lowest BCUT2D eigenvalue weighted by Crippen LogP contribution is -2.24. The summed E-state index contributed by atoms with van der Waals surface area (Å²) in [4.78, 5) is 12.5. The Morgan fingerprint density at radius 3 is 2.76 bits per heavy atom. The number of ketones is 1. The molecule has 5 nitrogen and oxygen atoms in total. The third kappa shape index (κ3) is 3.14. The lowest BCUT2D eigenvalue weighted by Gasteiger charge is -2.19. The van der Waals surface area contributed by atoms with Gasteiger partial charge in [-0.2, -0.15) is 0 Å². The van der Waals surface area contributed by atoms with E-state index in [-0.39, 0.29) is 18.0 Å². The van der Waals surface area contributed by atoms with Crippen molar-refractivity contribution < 1.29 is 23.7 Å². The molecule has 25 heavy (non-hydrogen) atoms. The molecular formula is C20H20O5. The van der Waals surface area contributed by atoms with Crippen LogP contribution in [0.25, 0.3) is 0 Å². The van der Waals surface area contributed by atoms with E-state index in [0.717, 1.165) is 17.7 Å². The van der Waals surface area contributed by atoms with Gasteiger partial charge in [0.15, 0.2) is 35.4 Å². The van der Waals surface area contributed by atoms with Crippen LogP contribution in [0.3, 0.4) is 0 Å². The fourth-order valence-electron chi connectivity index (χ4n) is 3.14. The van der Waals surface area contributed by atoms with Gasteiger partial charge in [-0.3, -0.25) is 4.79 Å². The molecule has 2 aliphatic heterocycles. The first-order chi connectivity index (χ1) is 12.0. The van der Waals surface area contributed by atoms with Gasteiger partial charge in [-0.05, 0) is 38.1 Å². The van der Waals surface area contributed by atoms with Crippen molar-refractivity contribution >= 4 is 5.78 Å². The number of benzene rings is 2. The minimum atomic E-state index is -0.248. The Hall–Kier alpha value is -2.69. The summed E-state index contributed by atoms with van der Waals surface area (Å²) in [6, 6.07) is 11.0. The van der Waals surface area contributed by atoms with Gasteiger partial charge in [0.2, 0.25) is 0 Å². The highest BCUT2D eigenvalue weighted by Gasteiger charge is 2.32. The van der Waals surface area contributed by atoms with Crippen LogP contribution in [0.2, 0.25) is 0 Å². The third-order valence-corrected chi connectivity index (χ3v) is 4.28. The minimum absolute atomic E-state index is 0.0557. The lowest BCUT2D eigenvalue weighted by molar-refractivity contribution is 0.0911. The highest BCUT2D eigenvalue weighted by atomic mass is 16.6. The summed E-state index contributed by atoms with van der Waals surface area (Å²) in [5.41, 5.74) is 1.40. The first-order valence-corrected chi connectivity index (χ1v) is 8.38. The van der Waals surface area contributed by atoms with Gasteiger partial charge in [0.05, 0.1) is 0 Å². The van der Waals surface area contributed by atoms with Crippen molar-refractivity contribution in [2.75, 3.05) is 19.8 Å². The summed E-state index contributed by atoms with van der Waals surface area (Å²) in [7, 11) is 0. The van der Waals surface area contributed by atoms with Crippen molar-refractivity contribution in [3.8, 4) is 23.0 Å². The average Bonchev–Trinajstić information content (AvgIpc) is 2.93. The number of carbonyl (C=O) groups is 1.